The van der Waals surface area contributed by atoms with E-state index >= 15 is 0 Å². The molecule has 0 aliphatic heterocycles. The number of nitriles is 1. The number of aromatic nitrogens is 1. The molecular weight excluding hydrogens is 346 g/mol. The molecule has 1 aromatic heterocycles. The summed E-state index contributed by atoms with van der Waals surface area (Å²) < 4.78 is 7.85. The van der Waals surface area contributed by atoms with Gasteiger partial charge in [-0.3, -0.25) is 0 Å². The van der Waals surface area contributed by atoms with Crippen molar-refractivity contribution < 1.29 is 4.74 Å². The first-order valence-electron chi connectivity index (χ1n) is 9.02. The van der Waals surface area contributed by atoms with Gasteiger partial charge >= 0.3 is 0 Å². The molecule has 0 unspecified atom stereocenters. The number of hydrogen-bond donors (Lipinski definition) is 1. The molecule has 0 bridgehead atoms. The molecule has 1 N–H and O–H groups in total. The Labute approximate surface area is 164 Å². The van der Waals surface area contributed by atoms with Crippen LogP contribution in [0.2, 0.25) is 0 Å². The molecular formula is C24H19N3O. The Kier molecular flexibility index (Phi) is 4.81. The van der Waals surface area contributed by atoms with Gasteiger partial charge in [0.05, 0.1) is 11.3 Å². The molecule has 0 radical (unpaired) electrons. The van der Waals surface area contributed by atoms with Gasteiger partial charge in [0.25, 0.3) is 0 Å². The highest BCUT2D eigenvalue weighted by atomic mass is 16.5. The summed E-state index contributed by atoms with van der Waals surface area (Å²) >= 11 is 0. The van der Waals surface area contributed by atoms with Crippen molar-refractivity contribution in [3.05, 3.63) is 102 Å². The lowest BCUT2D eigenvalue weighted by atomic mass is 10.2. The van der Waals surface area contributed by atoms with Crippen LogP contribution in [0.5, 0.6) is 11.5 Å². The first-order valence-corrected chi connectivity index (χ1v) is 9.02. The number of nitrogens with zero attached hydrogens (tertiary/aromatic N) is 2. The van der Waals surface area contributed by atoms with Gasteiger partial charge in [-0.2, -0.15) is 5.26 Å². The third-order valence-corrected chi connectivity index (χ3v) is 4.51. The zero-order chi connectivity index (χ0) is 19.3. The summed E-state index contributed by atoms with van der Waals surface area (Å²) in [5.74, 6) is 1.56. The van der Waals surface area contributed by atoms with Crippen LogP contribution in [0, 0.1) is 18.3 Å². The minimum Gasteiger partial charge on any atom is -0.457 e. The van der Waals surface area contributed by atoms with Crippen LogP contribution >= 0.6 is 0 Å². The van der Waals surface area contributed by atoms with Gasteiger partial charge in [-0.05, 0) is 55.5 Å². The van der Waals surface area contributed by atoms with Crippen LogP contribution in [0.4, 0.5) is 11.4 Å². The lowest BCUT2D eigenvalue weighted by molar-refractivity contribution is 0.483. The standard InChI is InChI=1S/C24H19N3O/c1-18-24(19(16-25)17-27(18)21-8-4-2-5-9-21)26-20-12-14-23(15-13-20)28-22-10-6-3-7-11-22/h2-15,17,26H,1H3. The maximum atomic E-state index is 9.57. The minimum atomic E-state index is 0.603. The van der Waals surface area contributed by atoms with E-state index in [0.29, 0.717) is 5.56 Å². The molecule has 4 aromatic rings. The average Bonchev–Trinajstić information content (AvgIpc) is 3.06. The maximum absolute atomic E-state index is 9.57. The Balaban J connectivity index is 1.57. The SMILES string of the molecule is Cc1c(Nc2ccc(Oc3ccccc3)cc2)c(C#N)cn1-c1ccccc1. The molecule has 28 heavy (non-hydrogen) atoms. The third-order valence-electron chi connectivity index (χ3n) is 4.51. The molecule has 4 rings (SSSR count). The van der Waals surface area contributed by atoms with E-state index in [1.165, 1.54) is 0 Å². The van der Waals surface area contributed by atoms with E-state index in [0.717, 1.165) is 34.3 Å². The summed E-state index contributed by atoms with van der Waals surface area (Å²) in [7, 11) is 0. The third kappa shape index (κ3) is 3.60. The molecule has 0 saturated heterocycles. The smallest absolute Gasteiger partial charge is 0.127 e. The van der Waals surface area contributed by atoms with Gasteiger partial charge in [0.1, 0.15) is 17.6 Å². The molecule has 0 aliphatic carbocycles. The highest BCUT2D eigenvalue weighted by Crippen LogP contribution is 2.30. The topological polar surface area (TPSA) is 50.0 Å². The van der Waals surface area contributed by atoms with Crippen LogP contribution in [0.3, 0.4) is 0 Å². The van der Waals surface area contributed by atoms with Crippen LogP contribution in [0.25, 0.3) is 5.69 Å². The molecule has 1 heterocycles. The van der Waals surface area contributed by atoms with Crippen LogP contribution < -0.4 is 10.1 Å². The van der Waals surface area contributed by atoms with Crippen molar-refractivity contribution in [2.75, 3.05) is 5.32 Å². The van der Waals surface area contributed by atoms with Gasteiger partial charge in [-0.25, -0.2) is 0 Å². The predicted molar refractivity (Wildman–Crippen MR) is 111 cm³/mol. The van der Waals surface area contributed by atoms with Gasteiger partial charge in [0.15, 0.2) is 0 Å². The van der Waals surface area contributed by atoms with Crippen LogP contribution in [0.1, 0.15) is 11.3 Å². The first kappa shape index (κ1) is 17.4. The monoisotopic (exact) mass is 365 g/mol. The molecule has 136 valence electrons. The predicted octanol–water partition coefficient (Wildman–Crippen LogP) is 6.19. The fourth-order valence-corrected chi connectivity index (χ4v) is 3.08. The largest absolute Gasteiger partial charge is 0.457 e. The normalized spacial score (nSPS) is 10.3. The zero-order valence-electron chi connectivity index (χ0n) is 15.5. The Morgan fingerprint density at radius 2 is 1.43 bits per heavy atom. The summed E-state index contributed by atoms with van der Waals surface area (Å²) in [5, 5.41) is 12.9. The van der Waals surface area contributed by atoms with E-state index in [9.17, 15) is 5.26 Å². The van der Waals surface area contributed by atoms with Gasteiger partial charge in [-0.1, -0.05) is 36.4 Å². The van der Waals surface area contributed by atoms with E-state index in [-0.39, 0.29) is 0 Å². The van der Waals surface area contributed by atoms with Crippen molar-refractivity contribution in [3.63, 3.8) is 0 Å². The second kappa shape index (κ2) is 7.73. The summed E-state index contributed by atoms with van der Waals surface area (Å²) in [6.45, 7) is 2.00. The highest BCUT2D eigenvalue weighted by Gasteiger charge is 2.14. The number of hydrogen-bond acceptors (Lipinski definition) is 3. The van der Waals surface area contributed by atoms with E-state index in [2.05, 4.69) is 11.4 Å². The lowest BCUT2D eigenvalue weighted by Gasteiger charge is -2.10. The lowest BCUT2D eigenvalue weighted by Crippen LogP contribution is -1.97. The van der Waals surface area contributed by atoms with Crippen molar-refractivity contribution in [1.82, 2.24) is 4.57 Å². The summed E-state index contributed by atoms with van der Waals surface area (Å²) in [6.07, 6.45) is 1.86. The molecule has 0 fully saturated rings. The molecule has 4 nitrogen and oxygen atoms in total. The Morgan fingerprint density at radius 1 is 0.821 bits per heavy atom. The number of nitrogens with one attached hydrogen (secondary N) is 1. The fraction of sp³-hybridized carbons (Fsp3) is 0.0417. The molecule has 4 heteroatoms. The maximum Gasteiger partial charge on any atom is 0.127 e. The molecule has 3 aromatic carbocycles. The summed E-state index contributed by atoms with van der Waals surface area (Å²) in [5.41, 5.74) is 4.31. The van der Waals surface area contributed by atoms with Crippen LogP contribution in [-0.2, 0) is 0 Å². The van der Waals surface area contributed by atoms with Crippen LogP contribution in [-0.4, -0.2) is 4.57 Å². The number of para-hydroxylation sites is 2. The number of benzene rings is 3. The van der Waals surface area contributed by atoms with Crippen molar-refractivity contribution in [2.24, 2.45) is 0 Å². The summed E-state index contributed by atoms with van der Waals surface area (Å²) in [4.78, 5) is 0. The van der Waals surface area contributed by atoms with Gasteiger partial charge in [-0.15, -0.1) is 0 Å². The summed E-state index contributed by atoms with van der Waals surface area (Å²) in [6, 6.07) is 29.6. The van der Waals surface area contributed by atoms with Crippen molar-refractivity contribution in [1.29, 1.82) is 5.26 Å². The van der Waals surface area contributed by atoms with Crippen molar-refractivity contribution in [2.45, 2.75) is 6.92 Å². The molecule has 0 spiro atoms. The minimum absolute atomic E-state index is 0.603. The number of ether oxygens (including phenoxy) is 1. The van der Waals surface area contributed by atoms with E-state index in [1.807, 2.05) is 103 Å². The van der Waals surface area contributed by atoms with E-state index in [4.69, 9.17) is 4.74 Å². The first-order chi connectivity index (χ1) is 13.7. The van der Waals surface area contributed by atoms with Gasteiger partial charge in [0, 0.05) is 23.3 Å². The Hall–Kier alpha value is -3.97. The van der Waals surface area contributed by atoms with E-state index < -0.39 is 0 Å². The van der Waals surface area contributed by atoms with Crippen molar-refractivity contribution >= 4 is 11.4 Å². The second-order valence-corrected chi connectivity index (χ2v) is 6.39. The second-order valence-electron chi connectivity index (χ2n) is 6.39. The molecule has 0 atom stereocenters. The fourth-order valence-electron chi connectivity index (χ4n) is 3.08. The highest BCUT2D eigenvalue weighted by molar-refractivity contribution is 5.70. The van der Waals surface area contributed by atoms with Gasteiger partial charge < -0.3 is 14.6 Å². The Morgan fingerprint density at radius 3 is 2.07 bits per heavy atom. The molecule has 0 amide bonds. The van der Waals surface area contributed by atoms with E-state index in [1.54, 1.807) is 0 Å². The molecule has 0 aliphatic rings. The van der Waals surface area contributed by atoms with Crippen LogP contribution in [0.15, 0.2) is 91.1 Å². The number of anilines is 2. The van der Waals surface area contributed by atoms with Gasteiger partial charge in [0.2, 0.25) is 0 Å². The van der Waals surface area contributed by atoms with Crippen molar-refractivity contribution in [3.8, 4) is 23.3 Å². The Bertz CT molecular complexity index is 1110. The number of rotatable bonds is 5. The zero-order valence-corrected chi connectivity index (χ0v) is 15.5. The average molecular weight is 365 g/mol. The molecule has 0 saturated carbocycles. The quantitative estimate of drug-likeness (QED) is 0.458.